The molecule has 2 aromatic rings. The van der Waals surface area contributed by atoms with E-state index in [-0.39, 0.29) is 11.8 Å². The second kappa shape index (κ2) is 7.83. The number of nitrogens with zero attached hydrogens (tertiary/aromatic N) is 2. The number of hydrogen-bond donors (Lipinski definition) is 0. The van der Waals surface area contributed by atoms with Gasteiger partial charge in [0.2, 0.25) is 5.91 Å². The molecule has 2 heterocycles. The molecule has 1 amide bonds. The Morgan fingerprint density at radius 2 is 1.52 bits per heavy atom. The number of rotatable bonds is 5. The topological polar surface area (TPSA) is 32.8 Å². The van der Waals surface area contributed by atoms with Crippen molar-refractivity contribution in [2.75, 3.05) is 46.4 Å². The van der Waals surface area contributed by atoms with Crippen LogP contribution < -0.4 is 0 Å². The molecule has 1 atom stereocenters. The van der Waals surface area contributed by atoms with Crippen LogP contribution >= 0.6 is 0 Å². The van der Waals surface area contributed by atoms with Crippen LogP contribution in [-0.4, -0.2) is 62.1 Å². The maximum atomic E-state index is 13.6. The summed E-state index contributed by atoms with van der Waals surface area (Å²) in [4.78, 5) is 18.0. The number of benzene rings is 2. The van der Waals surface area contributed by atoms with Crippen molar-refractivity contribution < 1.29 is 9.53 Å². The fourth-order valence-electron chi connectivity index (χ4n) is 4.78. The van der Waals surface area contributed by atoms with E-state index >= 15 is 0 Å². The van der Waals surface area contributed by atoms with Crippen LogP contribution in [0.2, 0.25) is 0 Å². The van der Waals surface area contributed by atoms with E-state index in [2.05, 4.69) is 29.2 Å². The highest BCUT2D eigenvalue weighted by Crippen LogP contribution is 2.46. The first-order chi connectivity index (χ1) is 13.2. The van der Waals surface area contributed by atoms with Crippen molar-refractivity contribution in [3.05, 3.63) is 71.8 Å². The lowest BCUT2D eigenvalue weighted by molar-refractivity contribution is -0.130. The second-order valence-electron chi connectivity index (χ2n) is 7.67. The number of morpholine rings is 1. The molecule has 2 saturated heterocycles. The van der Waals surface area contributed by atoms with E-state index in [1.54, 1.807) is 0 Å². The first kappa shape index (κ1) is 18.2. The smallest absolute Gasteiger partial charge is 0.237 e. The van der Waals surface area contributed by atoms with Crippen LogP contribution in [0.15, 0.2) is 60.7 Å². The Kier molecular flexibility index (Phi) is 5.28. The number of carbonyl (C=O) groups excluding carboxylic acids is 1. The van der Waals surface area contributed by atoms with Crippen LogP contribution in [0.3, 0.4) is 0 Å². The maximum Gasteiger partial charge on any atom is 0.237 e. The van der Waals surface area contributed by atoms with Crippen molar-refractivity contribution in [3.8, 4) is 0 Å². The lowest BCUT2D eigenvalue weighted by Crippen LogP contribution is -2.43. The maximum absolute atomic E-state index is 13.6. The van der Waals surface area contributed by atoms with Crippen LogP contribution in [0.5, 0.6) is 0 Å². The summed E-state index contributed by atoms with van der Waals surface area (Å²) in [6.07, 6.45) is 1.000. The first-order valence-corrected chi connectivity index (χ1v) is 9.89. The minimum Gasteiger partial charge on any atom is -0.379 e. The van der Waals surface area contributed by atoms with Gasteiger partial charge in [-0.3, -0.25) is 9.69 Å². The van der Waals surface area contributed by atoms with Crippen LogP contribution in [0.4, 0.5) is 0 Å². The first-order valence-electron chi connectivity index (χ1n) is 9.89. The Morgan fingerprint density at radius 3 is 2.07 bits per heavy atom. The monoisotopic (exact) mass is 364 g/mol. The summed E-state index contributed by atoms with van der Waals surface area (Å²) in [6.45, 7) is 5.40. The summed E-state index contributed by atoms with van der Waals surface area (Å²) in [5.41, 5.74) is 1.62. The molecular formula is C23H28N2O2. The normalized spacial score (nSPS) is 22.9. The average molecular weight is 364 g/mol. The predicted octanol–water partition coefficient (Wildman–Crippen LogP) is 2.78. The third kappa shape index (κ3) is 3.28. The second-order valence-corrected chi connectivity index (χ2v) is 7.67. The zero-order chi connectivity index (χ0) is 18.7. The molecule has 2 aromatic carbocycles. The molecule has 27 heavy (non-hydrogen) atoms. The van der Waals surface area contributed by atoms with Gasteiger partial charge in [0.25, 0.3) is 0 Å². The molecule has 0 aliphatic carbocycles. The van der Waals surface area contributed by atoms with Crippen LogP contribution in [-0.2, 0) is 14.9 Å². The molecular weight excluding hydrogens is 336 g/mol. The Morgan fingerprint density at radius 1 is 0.963 bits per heavy atom. The zero-order valence-corrected chi connectivity index (χ0v) is 16.0. The molecule has 142 valence electrons. The van der Waals surface area contributed by atoms with E-state index in [0.717, 1.165) is 56.9 Å². The van der Waals surface area contributed by atoms with E-state index < -0.39 is 5.41 Å². The fourth-order valence-corrected chi connectivity index (χ4v) is 4.78. The molecule has 2 aliphatic rings. The number of likely N-dealkylation sites (tertiary alicyclic amines) is 1. The Bertz CT molecular complexity index is 717. The average Bonchev–Trinajstić information content (AvgIpc) is 2.99. The van der Waals surface area contributed by atoms with Gasteiger partial charge in [0.05, 0.1) is 13.2 Å². The van der Waals surface area contributed by atoms with Gasteiger partial charge >= 0.3 is 0 Å². The predicted molar refractivity (Wildman–Crippen MR) is 107 cm³/mol. The summed E-state index contributed by atoms with van der Waals surface area (Å²) in [6, 6.07) is 20.7. The van der Waals surface area contributed by atoms with Crippen molar-refractivity contribution >= 4 is 5.91 Å². The van der Waals surface area contributed by atoms with Gasteiger partial charge in [-0.05, 0) is 24.1 Å². The van der Waals surface area contributed by atoms with Gasteiger partial charge in [0.15, 0.2) is 0 Å². The minimum absolute atomic E-state index is 0.215. The van der Waals surface area contributed by atoms with E-state index in [9.17, 15) is 4.79 Å². The number of likely N-dealkylation sites (N-methyl/N-ethyl adjacent to an activating group) is 1. The lowest BCUT2D eigenvalue weighted by Gasteiger charge is -2.35. The molecule has 4 rings (SSSR count). The van der Waals surface area contributed by atoms with Crippen LogP contribution in [0.25, 0.3) is 0 Å². The molecule has 0 aromatic heterocycles. The lowest BCUT2D eigenvalue weighted by atomic mass is 9.66. The summed E-state index contributed by atoms with van der Waals surface area (Å²) >= 11 is 0. The molecule has 2 fully saturated rings. The highest BCUT2D eigenvalue weighted by molar-refractivity contribution is 5.94. The van der Waals surface area contributed by atoms with Gasteiger partial charge in [0.1, 0.15) is 5.41 Å². The van der Waals surface area contributed by atoms with Crippen LogP contribution in [0, 0.1) is 5.92 Å². The molecule has 0 radical (unpaired) electrons. The molecule has 0 unspecified atom stereocenters. The standard InChI is InChI=1S/C23H28N2O2/c1-24-18-21(12-13-25-14-16-27-17-15-25)23(22(24)26,19-8-4-2-5-9-19)20-10-6-3-7-11-20/h2-11,21H,12-18H2,1H3/t21-/m0/s1. The van der Waals surface area contributed by atoms with Crippen LogP contribution in [0.1, 0.15) is 17.5 Å². The third-order valence-corrected chi connectivity index (χ3v) is 6.15. The van der Waals surface area contributed by atoms with Crippen molar-refractivity contribution in [1.29, 1.82) is 0 Å². The van der Waals surface area contributed by atoms with Crippen molar-refractivity contribution in [1.82, 2.24) is 9.80 Å². The largest absolute Gasteiger partial charge is 0.379 e. The van der Waals surface area contributed by atoms with Gasteiger partial charge in [-0.1, -0.05) is 60.7 Å². The number of amides is 1. The van der Waals surface area contributed by atoms with Gasteiger partial charge < -0.3 is 9.64 Å². The zero-order valence-electron chi connectivity index (χ0n) is 16.0. The van der Waals surface area contributed by atoms with Gasteiger partial charge in [-0.15, -0.1) is 0 Å². The van der Waals surface area contributed by atoms with E-state index in [0.29, 0.717) is 0 Å². The summed E-state index contributed by atoms with van der Waals surface area (Å²) < 4.78 is 5.48. The van der Waals surface area contributed by atoms with E-state index in [1.807, 2.05) is 48.3 Å². The van der Waals surface area contributed by atoms with E-state index in [4.69, 9.17) is 4.74 Å². The van der Waals surface area contributed by atoms with Gasteiger partial charge in [-0.25, -0.2) is 0 Å². The fraction of sp³-hybridized carbons (Fsp3) is 0.435. The summed E-state index contributed by atoms with van der Waals surface area (Å²) in [5, 5.41) is 0. The number of hydrogen-bond acceptors (Lipinski definition) is 3. The molecule has 0 saturated carbocycles. The van der Waals surface area contributed by atoms with Gasteiger partial charge in [-0.2, -0.15) is 0 Å². The third-order valence-electron chi connectivity index (χ3n) is 6.15. The van der Waals surface area contributed by atoms with Crippen molar-refractivity contribution in [2.24, 2.45) is 5.92 Å². The SMILES string of the molecule is CN1C[C@H](CCN2CCOCC2)C(c2ccccc2)(c2ccccc2)C1=O. The van der Waals surface area contributed by atoms with Gasteiger partial charge in [0, 0.05) is 32.6 Å². The Hall–Kier alpha value is -2.17. The molecule has 0 bridgehead atoms. The highest BCUT2D eigenvalue weighted by atomic mass is 16.5. The molecule has 0 N–H and O–H groups in total. The summed E-state index contributed by atoms with van der Waals surface area (Å²) in [7, 11) is 1.94. The molecule has 0 spiro atoms. The Balaban J connectivity index is 1.72. The molecule has 4 heteroatoms. The highest BCUT2D eigenvalue weighted by Gasteiger charge is 2.54. The van der Waals surface area contributed by atoms with Crippen molar-refractivity contribution in [2.45, 2.75) is 11.8 Å². The Labute approximate surface area is 161 Å². The van der Waals surface area contributed by atoms with Crippen molar-refractivity contribution in [3.63, 3.8) is 0 Å². The number of ether oxygens (including phenoxy) is 1. The number of carbonyl (C=O) groups is 1. The molecule has 4 nitrogen and oxygen atoms in total. The summed E-state index contributed by atoms with van der Waals surface area (Å²) in [5.74, 6) is 0.467. The van der Waals surface area contributed by atoms with E-state index in [1.165, 1.54) is 0 Å². The molecule has 2 aliphatic heterocycles. The quantitative estimate of drug-likeness (QED) is 0.818. The minimum atomic E-state index is -0.594.